The lowest BCUT2D eigenvalue weighted by molar-refractivity contribution is 0.0921. The number of amides is 1. The van der Waals surface area contributed by atoms with Gasteiger partial charge in [0, 0.05) is 12.7 Å². The number of benzene rings is 1. The average molecular weight is 360 g/mol. The number of aromatic nitrogens is 2. The summed E-state index contributed by atoms with van der Waals surface area (Å²) >= 11 is 3.34. The van der Waals surface area contributed by atoms with Gasteiger partial charge in [-0.05, 0) is 33.6 Å². The largest absolute Gasteiger partial charge is 0.454 e. The van der Waals surface area contributed by atoms with Crippen LogP contribution < -0.4 is 5.32 Å². The Morgan fingerprint density at radius 2 is 2.05 bits per heavy atom. The Labute approximate surface area is 136 Å². The Kier molecular flexibility index (Phi) is 4.39. The Morgan fingerprint density at radius 3 is 2.77 bits per heavy atom. The molecule has 1 amide bonds. The highest BCUT2D eigenvalue weighted by Gasteiger charge is 2.11. The Hall–Kier alpha value is -2.34. The highest BCUT2D eigenvalue weighted by molar-refractivity contribution is 9.10. The zero-order valence-corrected chi connectivity index (χ0v) is 13.3. The summed E-state index contributed by atoms with van der Waals surface area (Å²) in [6, 6.07) is 13.2. The first-order valence-electron chi connectivity index (χ1n) is 6.79. The second-order valence-electron chi connectivity index (χ2n) is 4.79. The summed E-state index contributed by atoms with van der Waals surface area (Å²) in [5, 5.41) is 6.98. The van der Waals surface area contributed by atoms with E-state index in [1.165, 1.54) is 0 Å². The van der Waals surface area contributed by atoms with Crippen molar-refractivity contribution in [2.45, 2.75) is 13.1 Å². The molecule has 0 atom stereocenters. The summed E-state index contributed by atoms with van der Waals surface area (Å²) < 4.78 is 8.19. The zero-order chi connectivity index (χ0) is 15.4. The normalized spacial score (nSPS) is 10.6. The maximum atomic E-state index is 12.1. The topological polar surface area (TPSA) is 60.1 Å². The van der Waals surface area contributed by atoms with Crippen LogP contribution in [0.4, 0.5) is 0 Å². The number of hydrogen-bond acceptors (Lipinski definition) is 3. The predicted molar refractivity (Wildman–Crippen MR) is 85.3 cm³/mol. The molecule has 0 aliphatic heterocycles. The van der Waals surface area contributed by atoms with Crippen molar-refractivity contribution in [3.8, 4) is 0 Å². The van der Waals surface area contributed by atoms with Crippen molar-refractivity contribution in [3.63, 3.8) is 0 Å². The molecule has 0 aliphatic rings. The number of carbonyl (C=O) groups excluding carboxylic acids is 1. The van der Waals surface area contributed by atoms with E-state index in [0.717, 1.165) is 10.0 Å². The molecule has 0 unspecified atom stereocenters. The van der Waals surface area contributed by atoms with Crippen LogP contribution in [0.3, 0.4) is 0 Å². The molecule has 0 aliphatic carbocycles. The minimum atomic E-state index is -0.225. The second kappa shape index (κ2) is 6.62. The average Bonchev–Trinajstić information content (AvgIpc) is 3.16. The lowest BCUT2D eigenvalue weighted by Gasteiger charge is -2.03. The molecule has 5 nitrogen and oxygen atoms in total. The van der Waals surface area contributed by atoms with E-state index < -0.39 is 0 Å². The molecule has 6 heteroatoms. The van der Waals surface area contributed by atoms with E-state index in [-0.39, 0.29) is 5.91 Å². The number of rotatable bonds is 5. The molecule has 0 saturated heterocycles. The smallest absolute Gasteiger partial charge is 0.287 e. The van der Waals surface area contributed by atoms with Crippen molar-refractivity contribution < 1.29 is 9.21 Å². The highest BCUT2D eigenvalue weighted by Crippen LogP contribution is 2.12. The SMILES string of the molecule is O=C(NCc1ccccc1)c1ccc(Cn2cc(Br)cn2)o1. The third-order valence-electron chi connectivity index (χ3n) is 3.10. The first kappa shape index (κ1) is 14.6. The van der Waals surface area contributed by atoms with Gasteiger partial charge in [-0.1, -0.05) is 30.3 Å². The summed E-state index contributed by atoms with van der Waals surface area (Å²) in [5.74, 6) is 0.759. The monoisotopic (exact) mass is 359 g/mol. The molecule has 3 rings (SSSR count). The van der Waals surface area contributed by atoms with Crippen molar-refractivity contribution in [2.75, 3.05) is 0 Å². The summed E-state index contributed by atoms with van der Waals surface area (Å²) in [5.41, 5.74) is 1.05. The first-order chi connectivity index (χ1) is 10.7. The van der Waals surface area contributed by atoms with E-state index in [1.54, 1.807) is 23.0 Å². The number of nitrogens with one attached hydrogen (secondary N) is 1. The molecule has 22 heavy (non-hydrogen) atoms. The van der Waals surface area contributed by atoms with Gasteiger partial charge in [0.1, 0.15) is 5.76 Å². The van der Waals surface area contributed by atoms with Crippen LogP contribution in [-0.4, -0.2) is 15.7 Å². The van der Waals surface area contributed by atoms with Crippen LogP contribution in [0, 0.1) is 0 Å². The molecule has 112 valence electrons. The van der Waals surface area contributed by atoms with Gasteiger partial charge >= 0.3 is 0 Å². The van der Waals surface area contributed by atoms with E-state index >= 15 is 0 Å². The Bertz CT molecular complexity index is 765. The number of carbonyl (C=O) groups is 1. The molecule has 0 spiro atoms. The molecule has 0 radical (unpaired) electrons. The standard InChI is InChI=1S/C16H14BrN3O2/c17-13-9-19-20(10-13)11-14-6-7-15(22-14)16(21)18-8-12-4-2-1-3-5-12/h1-7,9-10H,8,11H2,(H,18,21). The van der Waals surface area contributed by atoms with Gasteiger partial charge in [-0.3, -0.25) is 9.48 Å². The minimum absolute atomic E-state index is 0.225. The van der Waals surface area contributed by atoms with Gasteiger partial charge in [-0.25, -0.2) is 0 Å². The van der Waals surface area contributed by atoms with Gasteiger partial charge in [-0.15, -0.1) is 0 Å². The second-order valence-corrected chi connectivity index (χ2v) is 5.71. The molecule has 0 bridgehead atoms. The van der Waals surface area contributed by atoms with E-state index in [2.05, 4.69) is 26.3 Å². The Morgan fingerprint density at radius 1 is 1.23 bits per heavy atom. The molecule has 3 aromatic rings. The van der Waals surface area contributed by atoms with Crippen molar-refractivity contribution in [1.82, 2.24) is 15.1 Å². The van der Waals surface area contributed by atoms with Gasteiger partial charge in [0.25, 0.3) is 5.91 Å². The predicted octanol–water partition coefficient (Wildman–Crippen LogP) is 3.22. The molecule has 0 saturated carbocycles. The number of hydrogen-bond donors (Lipinski definition) is 1. The van der Waals surface area contributed by atoms with E-state index in [0.29, 0.717) is 24.6 Å². The van der Waals surface area contributed by atoms with Gasteiger partial charge in [0.05, 0.1) is 17.2 Å². The molecular formula is C16H14BrN3O2. The zero-order valence-electron chi connectivity index (χ0n) is 11.7. The molecular weight excluding hydrogens is 346 g/mol. The van der Waals surface area contributed by atoms with Crippen LogP contribution in [0.2, 0.25) is 0 Å². The fourth-order valence-electron chi connectivity index (χ4n) is 2.03. The van der Waals surface area contributed by atoms with Crippen LogP contribution in [0.15, 0.2) is 63.7 Å². The Balaban J connectivity index is 1.59. The van der Waals surface area contributed by atoms with Gasteiger partial charge in [0.15, 0.2) is 5.76 Å². The highest BCUT2D eigenvalue weighted by atomic mass is 79.9. The van der Waals surface area contributed by atoms with Crippen LogP contribution in [0.1, 0.15) is 21.9 Å². The molecule has 2 heterocycles. The lowest BCUT2D eigenvalue weighted by atomic mass is 10.2. The minimum Gasteiger partial charge on any atom is -0.454 e. The first-order valence-corrected chi connectivity index (χ1v) is 7.59. The number of furan rings is 1. The summed E-state index contributed by atoms with van der Waals surface area (Å²) in [6.45, 7) is 0.958. The van der Waals surface area contributed by atoms with Crippen LogP contribution >= 0.6 is 15.9 Å². The summed E-state index contributed by atoms with van der Waals surface area (Å²) in [6.07, 6.45) is 3.55. The fourth-order valence-corrected chi connectivity index (χ4v) is 2.36. The van der Waals surface area contributed by atoms with Crippen LogP contribution in [-0.2, 0) is 13.1 Å². The van der Waals surface area contributed by atoms with E-state index in [1.807, 2.05) is 36.5 Å². The van der Waals surface area contributed by atoms with Crippen molar-refractivity contribution in [2.24, 2.45) is 0 Å². The van der Waals surface area contributed by atoms with Crippen LogP contribution in [0.5, 0.6) is 0 Å². The maximum absolute atomic E-state index is 12.1. The van der Waals surface area contributed by atoms with Gasteiger partial charge in [-0.2, -0.15) is 5.10 Å². The third kappa shape index (κ3) is 3.65. The van der Waals surface area contributed by atoms with Crippen molar-refractivity contribution in [3.05, 3.63) is 76.4 Å². The van der Waals surface area contributed by atoms with Crippen LogP contribution in [0.25, 0.3) is 0 Å². The van der Waals surface area contributed by atoms with Gasteiger partial charge in [0.2, 0.25) is 0 Å². The van der Waals surface area contributed by atoms with E-state index in [4.69, 9.17) is 4.42 Å². The third-order valence-corrected chi connectivity index (χ3v) is 3.51. The van der Waals surface area contributed by atoms with Crippen molar-refractivity contribution in [1.29, 1.82) is 0 Å². The molecule has 2 aromatic heterocycles. The van der Waals surface area contributed by atoms with Crippen molar-refractivity contribution >= 4 is 21.8 Å². The quantitative estimate of drug-likeness (QED) is 0.760. The van der Waals surface area contributed by atoms with E-state index in [9.17, 15) is 4.79 Å². The fraction of sp³-hybridized carbons (Fsp3) is 0.125. The van der Waals surface area contributed by atoms with Gasteiger partial charge < -0.3 is 9.73 Å². The lowest BCUT2D eigenvalue weighted by Crippen LogP contribution is -2.22. The molecule has 1 N–H and O–H groups in total. The molecule has 1 aromatic carbocycles. The molecule has 0 fully saturated rings. The maximum Gasteiger partial charge on any atom is 0.287 e. The number of halogens is 1. The summed E-state index contributed by atoms with van der Waals surface area (Å²) in [4.78, 5) is 12.1. The summed E-state index contributed by atoms with van der Waals surface area (Å²) in [7, 11) is 0. The number of nitrogens with zero attached hydrogens (tertiary/aromatic N) is 2.